The van der Waals surface area contributed by atoms with Gasteiger partial charge in [-0.15, -0.1) is 0 Å². The second-order valence-electron chi connectivity index (χ2n) is 19.2. The molecule has 10 aromatic rings. The molecule has 9 aromatic carbocycles. The van der Waals surface area contributed by atoms with Crippen LogP contribution in [-0.4, -0.2) is 4.57 Å². The lowest BCUT2D eigenvalue weighted by atomic mass is 9.82. The summed E-state index contributed by atoms with van der Waals surface area (Å²) >= 11 is 0. The highest BCUT2D eigenvalue weighted by atomic mass is 15.1. The van der Waals surface area contributed by atoms with Crippen LogP contribution in [-0.2, 0) is 5.41 Å². The molecule has 0 spiro atoms. The van der Waals surface area contributed by atoms with E-state index in [-0.39, 0.29) is 5.41 Å². The van der Waals surface area contributed by atoms with Gasteiger partial charge in [-0.3, -0.25) is 0 Å². The summed E-state index contributed by atoms with van der Waals surface area (Å²) in [6.07, 6.45) is 1.14. The van der Waals surface area contributed by atoms with Gasteiger partial charge < -0.3 is 9.47 Å². The third kappa shape index (κ3) is 7.13. The average Bonchev–Trinajstić information content (AvgIpc) is 3.81. The van der Waals surface area contributed by atoms with Gasteiger partial charge in [-0.1, -0.05) is 175 Å². The minimum atomic E-state index is -0.104. The quantitative estimate of drug-likeness (QED) is 0.133. The Labute approximate surface area is 390 Å². The number of fused-ring (bicyclic) bond motifs is 6. The standard InChI is InChI=1S/C64H56N2/c1-7-43(4)45-17-19-48(20-18-45)50-27-37-62-58(39-50)59-40-51(28-38-63(59)66(62)54-29-21-44(22-30-54)42(2)3)49-25-33-53(34-26-49)65(52-31-23-47(24-32-52)46-13-9-8-10-14-46)55-35-36-57-56-15-11-12-16-60(56)64(5,6)61(57)41-55/h8-43H,7H2,1-6H3. The van der Waals surface area contributed by atoms with Gasteiger partial charge in [0.15, 0.2) is 0 Å². The number of anilines is 3. The molecule has 1 aliphatic rings. The fourth-order valence-electron chi connectivity index (χ4n) is 10.4. The summed E-state index contributed by atoms with van der Waals surface area (Å²) in [4.78, 5) is 2.41. The van der Waals surface area contributed by atoms with Crippen LogP contribution in [0.15, 0.2) is 206 Å². The van der Waals surface area contributed by atoms with Crippen LogP contribution < -0.4 is 4.90 Å². The molecule has 322 valence electrons. The first-order valence-electron chi connectivity index (χ1n) is 23.8. The molecule has 0 saturated heterocycles. The molecule has 0 saturated carbocycles. The number of aromatic nitrogens is 1. The van der Waals surface area contributed by atoms with Crippen LogP contribution in [0.3, 0.4) is 0 Å². The van der Waals surface area contributed by atoms with Gasteiger partial charge in [-0.25, -0.2) is 0 Å². The van der Waals surface area contributed by atoms with Crippen molar-refractivity contribution in [3.05, 3.63) is 229 Å². The molecule has 1 heterocycles. The average molecular weight is 853 g/mol. The van der Waals surface area contributed by atoms with Crippen LogP contribution in [0.4, 0.5) is 17.1 Å². The predicted octanol–water partition coefficient (Wildman–Crippen LogP) is 18.2. The van der Waals surface area contributed by atoms with E-state index in [9.17, 15) is 0 Å². The zero-order valence-corrected chi connectivity index (χ0v) is 38.9. The molecule has 1 unspecified atom stereocenters. The maximum Gasteiger partial charge on any atom is 0.0541 e. The Kier molecular flexibility index (Phi) is 10.3. The molecule has 2 nitrogen and oxygen atoms in total. The summed E-state index contributed by atoms with van der Waals surface area (Å²) in [5, 5.41) is 2.51. The molecule has 0 aliphatic heterocycles. The molecule has 2 heteroatoms. The Hall–Kier alpha value is -7.42. The van der Waals surface area contributed by atoms with Crippen molar-refractivity contribution in [3.8, 4) is 50.2 Å². The fourth-order valence-corrected chi connectivity index (χ4v) is 10.4. The highest BCUT2D eigenvalue weighted by Gasteiger charge is 2.35. The molecule has 1 atom stereocenters. The van der Waals surface area contributed by atoms with Gasteiger partial charge >= 0.3 is 0 Å². The molecule has 1 aromatic heterocycles. The van der Waals surface area contributed by atoms with E-state index < -0.39 is 0 Å². The number of benzene rings is 9. The third-order valence-corrected chi connectivity index (χ3v) is 14.5. The number of hydrogen-bond acceptors (Lipinski definition) is 1. The van der Waals surface area contributed by atoms with Crippen molar-refractivity contribution in [2.45, 2.75) is 65.2 Å². The van der Waals surface area contributed by atoms with Crippen molar-refractivity contribution in [2.24, 2.45) is 0 Å². The van der Waals surface area contributed by atoms with Crippen LogP contribution in [0.1, 0.15) is 82.1 Å². The number of rotatable bonds is 10. The Balaban J connectivity index is 1.01. The Morgan fingerprint density at radius 1 is 0.424 bits per heavy atom. The molecule has 66 heavy (non-hydrogen) atoms. The van der Waals surface area contributed by atoms with E-state index in [0.29, 0.717) is 11.8 Å². The summed E-state index contributed by atoms with van der Waals surface area (Å²) < 4.78 is 2.44. The second-order valence-corrected chi connectivity index (χ2v) is 19.2. The van der Waals surface area contributed by atoms with Gasteiger partial charge in [-0.2, -0.15) is 0 Å². The van der Waals surface area contributed by atoms with Crippen LogP contribution in [0.2, 0.25) is 0 Å². The molecule has 0 N–H and O–H groups in total. The second kappa shape index (κ2) is 16.5. The first-order chi connectivity index (χ1) is 32.2. The fraction of sp³-hybridized carbons (Fsp3) is 0.156. The molecular weight excluding hydrogens is 797 g/mol. The van der Waals surface area contributed by atoms with Crippen LogP contribution >= 0.6 is 0 Å². The first-order valence-corrected chi connectivity index (χ1v) is 23.8. The van der Waals surface area contributed by atoms with Gasteiger partial charge in [0.2, 0.25) is 0 Å². The van der Waals surface area contributed by atoms with E-state index in [1.807, 2.05) is 0 Å². The molecule has 0 radical (unpaired) electrons. The van der Waals surface area contributed by atoms with Crippen LogP contribution in [0, 0.1) is 0 Å². The summed E-state index contributed by atoms with van der Waals surface area (Å²) in [5.41, 5.74) is 22.3. The van der Waals surface area contributed by atoms with E-state index in [1.54, 1.807) is 0 Å². The van der Waals surface area contributed by atoms with Gasteiger partial charge in [0.25, 0.3) is 0 Å². The Bertz CT molecular complexity index is 3370. The topological polar surface area (TPSA) is 8.17 Å². The van der Waals surface area contributed by atoms with Crippen molar-refractivity contribution >= 4 is 38.9 Å². The smallest absolute Gasteiger partial charge is 0.0541 e. The minimum absolute atomic E-state index is 0.104. The largest absolute Gasteiger partial charge is 0.310 e. The number of nitrogens with zero attached hydrogens (tertiary/aromatic N) is 2. The number of hydrogen-bond donors (Lipinski definition) is 0. The zero-order chi connectivity index (χ0) is 45.1. The lowest BCUT2D eigenvalue weighted by Gasteiger charge is -2.28. The summed E-state index contributed by atoms with van der Waals surface area (Å²) in [7, 11) is 0. The highest BCUT2D eigenvalue weighted by Crippen LogP contribution is 2.51. The highest BCUT2D eigenvalue weighted by molar-refractivity contribution is 6.11. The molecule has 1 aliphatic carbocycles. The van der Waals surface area contributed by atoms with Crippen LogP contribution in [0.25, 0.3) is 72.0 Å². The summed E-state index contributed by atoms with van der Waals surface area (Å²) in [6.45, 7) is 13.8. The maximum absolute atomic E-state index is 2.44. The van der Waals surface area contributed by atoms with Gasteiger partial charge in [0, 0.05) is 38.9 Å². The molecule has 0 bridgehead atoms. The lowest BCUT2D eigenvalue weighted by Crippen LogP contribution is -2.16. The molecule has 11 rings (SSSR count). The van der Waals surface area contributed by atoms with E-state index in [1.165, 1.54) is 94.3 Å². The van der Waals surface area contributed by atoms with Crippen molar-refractivity contribution < 1.29 is 0 Å². The third-order valence-electron chi connectivity index (χ3n) is 14.5. The molecular formula is C64H56N2. The summed E-state index contributed by atoms with van der Waals surface area (Å²) in [6, 6.07) is 77.1. The summed E-state index contributed by atoms with van der Waals surface area (Å²) in [5.74, 6) is 1.03. The Morgan fingerprint density at radius 3 is 1.47 bits per heavy atom. The van der Waals surface area contributed by atoms with Crippen LogP contribution in [0.5, 0.6) is 0 Å². The molecule has 0 fully saturated rings. The van der Waals surface area contributed by atoms with Crippen molar-refractivity contribution in [1.29, 1.82) is 0 Å². The first kappa shape index (κ1) is 41.3. The van der Waals surface area contributed by atoms with Crippen molar-refractivity contribution in [3.63, 3.8) is 0 Å². The monoisotopic (exact) mass is 852 g/mol. The van der Waals surface area contributed by atoms with E-state index in [2.05, 4.69) is 257 Å². The van der Waals surface area contributed by atoms with Gasteiger partial charge in [0.1, 0.15) is 0 Å². The van der Waals surface area contributed by atoms with E-state index in [4.69, 9.17) is 0 Å². The van der Waals surface area contributed by atoms with Crippen molar-refractivity contribution in [1.82, 2.24) is 4.57 Å². The van der Waals surface area contributed by atoms with Gasteiger partial charge in [-0.05, 0) is 158 Å². The zero-order valence-electron chi connectivity index (χ0n) is 38.9. The lowest BCUT2D eigenvalue weighted by molar-refractivity contribution is 0.660. The van der Waals surface area contributed by atoms with Crippen molar-refractivity contribution in [2.75, 3.05) is 4.90 Å². The maximum atomic E-state index is 2.44. The predicted molar refractivity (Wildman–Crippen MR) is 282 cm³/mol. The van der Waals surface area contributed by atoms with E-state index >= 15 is 0 Å². The minimum Gasteiger partial charge on any atom is -0.310 e. The molecule has 0 amide bonds. The normalized spacial score (nSPS) is 13.3. The van der Waals surface area contributed by atoms with Gasteiger partial charge in [0.05, 0.1) is 11.0 Å². The Morgan fingerprint density at radius 2 is 0.894 bits per heavy atom. The van der Waals surface area contributed by atoms with E-state index in [0.717, 1.165) is 23.5 Å². The SMILES string of the molecule is CCC(C)c1ccc(-c2ccc3c(c2)c2cc(-c4ccc(N(c5ccc(-c6ccccc6)cc5)c5ccc6c(c5)C(C)(C)c5ccccc5-6)cc4)ccc2n3-c2ccc(C(C)C)cc2)cc1.